The molecule has 7 heteroatoms. The van der Waals surface area contributed by atoms with Crippen LogP contribution >= 0.6 is 0 Å². The predicted octanol–water partition coefficient (Wildman–Crippen LogP) is 3.86. The van der Waals surface area contributed by atoms with Crippen LogP contribution in [0, 0.1) is 0 Å². The van der Waals surface area contributed by atoms with Gasteiger partial charge in [-0.25, -0.2) is 0 Å². The Morgan fingerprint density at radius 1 is 0.800 bits per heavy atom. The fraction of sp³-hybridized carbons (Fsp3) is 0.286. The summed E-state index contributed by atoms with van der Waals surface area (Å²) in [6, 6.07) is 23.6. The number of ether oxygens (including phenoxy) is 3. The molecule has 3 aromatic rings. The van der Waals surface area contributed by atoms with Crippen LogP contribution in [0.2, 0.25) is 0 Å². The molecule has 0 heterocycles. The summed E-state index contributed by atoms with van der Waals surface area (Å²) in [4.78, 5) is 27.6. The highest BCUT2D eigenvalue weighted by atomic mass is 16.5. The number of rotatable bonds is 12. The third-order valence-corrected chi connectivity index (χ3v) is 5.66. The Morgan fingerprint density at radius 3 is 1.94 bits per heavy atom. The molecule has 184 valence electrons. The summed E-state index contributed by atoms with van der Waals surface area (Å²) in [5.74, 6) is 1.62. The second-order valence-electron chi connectivity index (χ2n) is 8.04. The van der Waals surface area contributed by atoms with Crippen LogP contribution in [0.1, 0.15) is 18.1 Å². The van der Waals surface area contributed by atoms with Gasteiger partial charge in [-0.05, 0) is 60.9 Å². The van der Waals surface area contributed by atoms with Crippen LogP contribution in [-0.4, -0.2) is 50.1 Å². The highest BCUT2D eigenvalue weighted by Gasteiger charge is 2.26. The lowest BCUT2D eigenvalue weighted by atomic mass is 10.1. The molecule has 0 aliphatic carbocycles. The van der Waals surface area contributed by atoms with Crippen molar-refractivity contribution < 1.29 is 23.8 Å². The Bertz CT molecular complexity index is 1070. The van der Waals surface area contributed by atoms with Gasteiger partial charge in [0.05, 0.1) is 14.2 Å². The van der Waals surface area contributed by atoms with Gasteiger partial charge in [0.15, 0.2) is 6.61 Å². The van der Waals surface area contributed by atoms with E-state index in [9.17, 15) is 9.59 Å². The molecule has 0 aromatic heterocycles. The van der Waals surface area contributed by atoms with Crippen LogP contribution in [0.15, 0.2) is 78.9 Å². The summed E-state index contributed by atoms with van der Waals surface area (Å²) < 4.78 is 16.1. The van der Waals surface area contributed by atoms with Gasteiger partial charge in [-0.2, -0.15) is 0 Å². The van der Waals surface area contributed by atoms with Crippen molar-refractivity contribution >= 4 is 11.8 Å². The minimum absolute atomic E-state index is 0.163. The number of methoxy groups -OCH3 is 2. The first-order valence-electron chi connectivity index (χ1n) is 11.5. The smallest absolute Gasteiger partial charge is 0.261 e. The van der Waals surface area contributed by atoms with Crippen molar-refractivity contribution in [3.8, 4) is 17.2 Å². The lowest BCUT2D eigenvalue weighted by Gasteiger charge is -2.29. The zero-order valence-corrected chi connectivity index (χ0v) is 20.4. The Kier molecular flexibility index (Phi) is 9.54. The van der Waals surface area contributed by atoms with Crippen LogP contribution in [0.3, 0.4) is 0 Å². The van der Waals surface area contributed by atoms with Gasteiger partial charge in [0.2, 0.25) is 5.91 Å². The lowest BCUT2D eigenvalue weighted by molar-refractivity contribution is -0.142. The maximum absolute atomic E-state index is 13.1. The first kappa shape index (κ1) is 25.6. The highest BCUT2D eigenvalue weighted by molar-refractivity contribution is 5.88. The molecule has 0 aliphatic heterocycles. The molecule has 2 amide bonds. The molecular weight excluding hydrogens is 444 g/mol. The molecule has 3 rings (SSSR count). The fourth-order valence-electron chi connectivity index (χ4n) is 3.52. The van der Waals surface area contributed by atoms with Crippen molar-refractivity contribution in [2.45, 2.75) is 25.9 Å². The van der Waals surface area contributed by atoms with Crippen molar-refractivity contribution in [3.05, 3.63) is 90.0 Å². The van der Waals surface area contributed by atoms with E-state index in [0.29, 0.717) is 18.7 Å². The molecular formula is C28H32N2O5. The number of carbonyl (C=O) groups excluding carboxylic acids is 2. The van der Waals surface area contributed by atoms with Crippen LogP contribution < -0.4 is 19.5 Å². The van der Waals surface area contributed by atoms with Crippen LogP contribution in [-0.2, 0) is 22.6 Å². The van der Waals surface area contributed by atoms with Crippen LogP contribution in [0.4, 0.5) is 0 Å². The number of para-hydroxylation sites is 1. The van der Waals surface area contributed by atoms with Gasteiger partial charge in [-0.3, -0.25) is 9.59 Å². The summed E-state index contributed by atoms with van der Waals surface area (Å²) in [6.45, 7) is 2.30. The van der Waals surface area contributed by atoms with E-state index in [1.165, 1.54) is 4.90 Å². The largest absolute Gasteiger partial charge is 0.497 e. The fourth-order valence-corrected chi connectivity index (χ4v) is 3.52. The Balaban J connectivity index is 1.63. The van der Waals surface area contributed by atoms with Gasteiger partial charge in [0, 0.05) is 13.1 Å². The van der Waals surface area contributed by atoms with E-state index in [-0.39, 0.29) is 25.0 Å². The van der Waals surface area contributed by atoms with E-state index in [4.69, 9.17) is 14.2 Å². The summed E-state index contributed by atoms with van der Waals surface area (Å²) in [5, 5.41) is 2.95. The summed E-state index contributed by atoms with van der Waals surface area (Å²) in [7, 11) is 3.23. The van der Waals surface area contributed by atoms with Crippen molar-refractivity contribution in [2.75, 3.05) is 27.4 Å². The van der Waals surface area contributed by atoms with Gasteiger partial charge >= 0.3 is 0 Å². The Hall–Kier alpha value is -4.00. The number of amides is 2. The quantitative estimate of drug-likeness (QED) is 0.430. The maximum atomic E-state index is 13.1. The van der Waals surface area contributed by atoms with Crippen molar-refractivity contribution in [3.63, 3.8) is 0 Å². The molecule has 3 aromatic carbocycles. The van der Waals surface area contributed by atoms with Gasteiger partial charge in [0.1, 0.15) is 23.3 Å². The zero-order chi connectivity index (χ0) is 25.0. The summed E-state index contributed by atoms with van der Waals surface area (Å²) >= 11 is 0. The zero-order valence-electron chi connectivity index (χ0n) is 20.4. The van der Waals surface area contributed by atoms with E-state index >= 15 is 0 Å². The van der Waals surface area contributed by atoms with Gasteiger partial charge in [0.25, 0.3) is 5.91 Å². The SMILES string of the molecule is COc1ccc(CCNC(=O)[C@@H](C)N(Cc2ccc(OC)cc2)C(=O)COc2ccccc2)cc1. The molecule has 0 saturated heterocycles. The molecule has 0 fully saturated rings. The van der Waals surface area contributed by atoms with Crippen molar-refractivity contribution in [2.24, 2.45) is 0 Å². The van der Waals surface area contributed by atoms with E-state index in [2.05, 4.69) is 5.32 Å². The van der Waals surface area contributed by atoms with E-state index < -0.39 is 6.04 Å². The highest BCUT2D eigenvalue weighted by Crippen LogP contribution is 2.16. The van der Waals surface area contributed by atoms with Crippen LogP contribution in [0.25, 0.3) is 0 Å². The standard InChI is InChI=1S/C28H32N2O5/c1-21(28(32)29-18-17-22-9-13-24(33-2)14-10-22)30(19-23-11-15-25(34-3)16-12-23)27(31)20-35-26-7-5-4-6-8-26/h4-16,21H,17-20H2,1-3H3,(H,29,32)/t21-/m1/s1. The van der Waals surface area contributed by atoms with E-state index in [1.807, 2.05) is 66.7 Å². The Labute approximate surface area is 206 Å². The summed E-state index contributed by atoms with van der Waals surface area (Å²) in [6.07, 6.45) is 0.673. The van der Waals surface area contributed by atoms with Gasteiger partial charge in [-0.15, -0.1) is 0 Å². The topological polar surface area (TPSA) is 77.1 Å². The second kappa shape index (κ2) is 13.0. The third kappa shape index (κ3) is 7.78. The Morgan fingerprint density at radius 2 is 1.37 bits per heavy atom. The number of benzene rings is 3. The first-order chi connectivity index (χ1) is 17.0. The van der Waals surface area contributed by atoms with E-state index in [1.54, 1.807) is 33.3 Å². The van der Waals surface area contributed by atoms with E-state index in [0.717, 1.165) is 22.6 Å². The average Bonchev–Trinajstić information content (AvgIpc) is 2.91. The minimum Gasteiger partial charge on any atom is -0.497 e. The third-order valence-electron chi connectivity index (χ3n) is 5.66. The van der Waals surface area contributed by atoms with Gasteiger partial charge < -0.3 is 24.4 Å². The van der Waals surface area contributed by atoms with Gasteiger partial charge in [-0.1, -0.05) is 42.5 Å². The van der Waals surface area contributed by atoms with Crippen molar-refractivity contribution in [1.29, 1.82) is 0 Å². The summed E-state index contributed by atoms with van der Waals surface area (Å²) in [5.41, 5.74) is 1.97. The normalized spacial score (nSPS) is 11.3. The predicted molar refractivity (Wildman–Crippen MR) is 135 cm³/mol. The second-order valence-corrected chi connectivity index (χ2v) is 8.04. The molecule has 0 bridgehead atoms. The number of hydrogen-bond donors (Lipinski definition) is 1. The molecule has 1 atom stereocenters. The maximum Gasteiger partial charge on any atom is 0.261 e. The molecule has 0 saturated carbocycles. The number of nitrogens with zero attached hydrogens (tertiary/aromatic N) is 1. The molecule has 1 N–H and O–H groups in total. The number of hydrogen-bond acceptors (Lipinski definition) is 5. The molecule has 0 spiro atoms. The first-order valence-corrected chi connectivity index (χ1v) is 11.5. The lowest BCUT2D eigenvalue weighted by Crippen LogP contribution is -2.49. The molecule has 7 nitrogen and oxygen atoms in total. The van der Waals surface area contributed by atoms with Crippen molar-refractivity contribution in [1.82, 2.24) is 10.2 Å². The molecule has 35 heavy (non-hydrogen) atoms. The minimum atomic E-state index is -0.681. The molecule has 0 aliphatic rings. The number of nitrogens with one attached hydrogen (secondary N) is 1. The van der Waals surface area contributed by atoms with Crippen LogP contribution in [0.5, 0.6) is 17.2 Å². The average molecular weight is 477 g/mol. The monoisotopic (exact) mass is 476 g/mol. The molecule has 0 radical (unpaired) electrons. The molecule has 0 unspecified atom stereocenters. The number of carbonyl (C=O) groups is 2.